The Morgan fingerprint density at radius 1 is 1.50 bits per heavy atom. The van der Waals surface area contributed by atoms with E-state index in [-0.39, 0.29) is 18.7 Å². The number of carboxylic acid groups (broad SMARTS) is 1. The van der Waals surface area contributed by atoms with Crippen molar-refractivity contribution in [1.82, 2.24) is 4.98 Å². The molecule has 0 saturated heterocycles. The van der Waals surface area contributed by atoms with Crippen LogP contribution < -0.4 is 10.4 Å². The third-order valence-electron chi connectivity index (χ3n) is 2.80. The fourth-order valence-electron chi connectivity index (χ4n) is 1.87. The average Bonchev–Trinajstić information content (AvgIpc) is 2.81. The van der Waals surface area contributed by atoms with Crippen molar-refractivity contribution in [2.75, 3.05) is 5.32 Å². The van der Waals surface area contributed by atoms with Gasteiger partial charge in [0.1, 0.15) is 0 Å². The molecule has 2 rings (SSSR count). The molecule has 1 aromatic rings. The van der Waals surface area contributed by atoms with E-state index in [0.717, 1.165) is 0 Å². The molecule has 1 N–H and O–H groups in total. The average molecular weight is 286 g/mol. The SMILES string of the molecule is O=C([O-])[C@H]1CC=C(Cl)C[C@@H]1C(=O)Nc1nccs1. The van der Waals surface area contributed by atoms with E-state index in [0.29, 0.717) is 10.2 Å². The van der Waals surface area contributed by atoms with Gasteiger partial charge in [0, 0.05) is 28.5 Å². The van der Waals surface area contributed by atoms with E-state index < -0.39 is 17.8 Å². The number of nitrogens with one attached hydrogen (secondary N) is 1. The quantitative estimate of drug-likeness (QED) is 0.897. The number of amides is 1. The van der Waals surface area contributed by atoms with Gasteiger partial charge in [0.15, 0.2) is 5.13 Å². The maximum atomic E-state index is 12.0. The van der Waals surface area contributed by atoms with Gasteiger partial charge in [-0.2, -0.15) is 0 Å². The van der Waals surface area contributed by atoms with Crippen molar-refractivity contribution in [1.29, 1.82) is 0 Å². The minimum absolute atomic E-state index is 0.219. The summed E-state index contributed by atoms with van der Waals surface area (Å²) in [4.78, 5) is 26.9. The van der Waals surface area contributed by atoms with E-state index >= 15 is 0 Å². The van der Waals surface area contributed by atoms with Crippen molar-refractivity contribution < 1.29 is 14.7 Å². The number of aromatic nitrogens is 1. The number of hydrogen-bond donors (Lipinski definition) is 1. The molecule has 0 bridgehead atoms. The summed E-state index contributed by atoms with van der Waals surface area (Å²) in [5.41, 5.74) is 0. The largest absolute Gasteiger partial charge is 0.550 e. The molecule has 1 heterocycles. The number of hydrogen-bond acceptors (Lipinski definition) is 5. The summed E-state index contributed by atoms with van der Waals surface area (Å²) in [7, 11) is 0. The monoisotopic (exact) mass is 285 g/mol. The molecule has 2 atom stereocenters. The third-order valence-corrected chi connectivity index (χ3v) is 3.79. The van der Waals surface area contributed by atoms with Gasteiger partial charge in [-0.25, -0.2) is 4.98 Å². The first kappa shape index (κ1) is 13.0. The molecule has 0 radical (unpaired) electrons. The van der Waals surface area contributed by atoms with Crippen LogP contribution in [0.2, 0.25) is 0 Å². The van der Waals surface area contributed by atoms with Crippen molar-refractivity contribution in [3.8, 4) is 0 Å². The first-order chi connectivity index (χ1) is 8.58. The lowest BCUT2D eigenvalue weighted by Crippen LogP contribution is -2.42. The molecule has 7 heteroatoms. The second-order valence-corrected chi connectivity index (χ2v) is 5.33. The zero-order valence-corrected chi connectivity index (χ0v) is 10.8. The number of carboxylic acids is 1. The lowest BCUT2D eigenvalue weighted by Gasteiger charge is -2.29. The number of aliphatic carboxylic acids is 1. The van der Waals surface area contributed by atoms with Gasteiger partial charge in [-0.3, -0.25) is 4.79 Å². The van der Waals surface area contributed by atoms with Crippen LogP contribution in [0.15, 0.2) is 22.7 Å². The molecule has 1 amide bonds. The Kier molecular flexibility index (Phi) is 3.98. The molecule has 5 nitrogen and oxygen atoms in total. The smallest absolute Gasteiger partial charge is 0.230 e. The van der Waals surface area contributed by atoms with Gasteiger partial charge in [0.05, 0.1) is 5.92 Å². The van der Waals surface area contributed by atoms with E-state index in [1.165, 1.54) is 11.3 Å². The number of thiazole rings is 1. The van der Waals surface area contributed by atoms with Gasteiger partial charge >= 0.3 is 0 Å². The molecule has 0 saturated carbocycles. The Hall–Kier alpha value is -1.40. The van der Waals surface area contributed by atoms with Crippen molar-refractivity contribution in [3.63, 3.8) is 0 Å². The van der Waals surface area contributed by atoms with Crippen molar-refractivity contribution >= 4 is 39.9 Å². The van der Waals surface area contributed by atoms with E-state index in [4.69, 9.17) is 11.6 Å². The van der Waals surface area contributed by atoms with E-state index in [9.17, 15) is 14.7 Å². The van der Waals surface area contributed by atoms with Gasteiger partial charge in [-0.1, -0.05) is 17.7 Å². The molecule has 0 spiro atoms. The maximum Gasteiger partial charge on any atom is 0.230 e. The summed E-state index contributed by atoms with van der Waals surface area (Å²) in [6.07, 6.45) is 3.62. The zero-order chi connectivity index (χ0) is 13.1. The minimum atomic E-state index is -1.23. The number of anilines is 1. The Labute approximate surface area is 112 Å². The number of allylic oxidation sites excluding steroid dienone is 2. The summed E-state index contributed by atoms with van der Waals surface area (Å²) in [6, 6.07) is 0. The number of halogens is 1. The van der Waals surface area contributed by atoms with Crippen molar-refractivity contribution in [3.05, 3.63) is 22.7 Å². The predicted molar refractivity (Wildman–Crippen MR) is 65.9 cm³/mol. The van der Waals surface area contributed by atoms with Crippen LogP contribution >= 0.6 is 22.9 Å². The highest BCUT2D eigenvalue weighted by Gasteiger charge is 2.32. The van der Waals surface area contributed by atoms with Gasteiger partial charge in [0.2, 0.25) is 5.91 Å². The van der Waals surface area contributed by atoms with Gasteiger partial charge in [-0.15, -0.1) is 11.3 Å². The van der Waals surface area contributed by atoms with E-state index in [2.05, 4.69) is 10.3 Å². The van der Waals surface area contributed by atoms with Crippen LogP contribution in [-0.2, 0) is 9.59 Å². The van der Waals surface area contributed by atoms with E-state index in [1.54, 1.807) is 17.7 Å². The second-order valence-electron chi connectivity index (χ2n) is 3.95. The normalized spacial score (nSPS) is 23.3. The maximum absolute atomic E-state index is 12.0. The van der Waals surface area contributed by atoms with Crippen LogP contribution in [0.25, 0.3) is 0 Å². The first-order valence-corrected chi connectivity index (χ1v) is 6.59. The fraction of sp³-hybridized carbons (Fsp3) is 0.364. The van der Waals surface area contributed by atoms with Gasteiger partial charge < -0.3 is 15.2 Å². The highest BCUT2D eigenvalue weighted by atomic mass is 35.5. The molecule has 1 aromatic heterocycles. The molecule has 1 aliphatic rings. The first-order valence-electron chi connectivity index (χ1n) is 5.33. The minimum Gasteiger partial charge on any atom is -0.550 e. The molecule has 0 fully saturated rings. The van der Waals surface area contributed by atoms with Crippen LogP contribution in [0.5, 0.6) is 0 Å². The van der Waals surface area contributed by atoms with Crippen molar-refractivity contribution in [2.24, 2.45) is 11.8 Å². The molecular formula is C11H10ClN2O3S-. The topological polar surface area (TPSA) is 82.1 Å². The fourth-order valence-corrected chi connectivity index (χ4v) is 2.66. The predicted octanol–water partition coefficient (Wildman–Crippen LogP) is 0.980. The second kappa shape index (κ2) is 5.49. The summed E-state index contributed by atoms with van der Waals surface area (Å²) < 4.78 is 0. The molecule has 1 aliphatic carbocycles. The molecule has 18 heavy (non-hydrogen) atoms. The van der Waals surface area contributed by atoms with Crippen LogP contribution in [0.4, 0.5) is 5.13 Å². The molecule has 96 valence electrons. The third kappa shape index (κ3) is 2.88. The van der Waals surface area contributed by atoms with Gasteiger partial charge in [-0.05, 0) is 12.8 Å². The lowest BCUT2D eigenvalue weighted by molar-refractivity contribution is -0.313. The lowest BCUT2D eigenvalue weighted by atomic mass is 9.82. The standard InChI is InChI=1S/C11H11ClN2O3S/c12-6-1-2-7(10(16)17)8(5-6)9(15)14-11-13-3-4-18-11/h1,3-4,7-8H,2,5H2,(H,16,17)(H,13,14,15)/p-1/t7-,8-/m0/s1. The molecular weight excluding hydrogens is 276 g/mol. The number of nitrogens with zero attached hydrogens (tertiary/aromatic N) is 1. The Bertz CT molecular complexity index is 486. The van der Waals surface area contributed by atoms with Crippen LogP contribution in [-0.4, -0.2) is 16.9 Å². The number of rotatable bonds is 3. The summed E-state index contributed by atoms with van der Waals surface area (Å²) in [6.45, 7) is 0. The number of carbonyl (C=O) groups is 2. The van der Waals surface area contributed by atoms with Crippen LogP contribution in [0, 0.1) is 11.8 Å². The Balaban J connectivity index is 2.11. The molecule has 0 aromatic carbocycles. The molecule has 0 aliphatic heterocycles. The summed E-state index contributed by atoms with van der Waals surface area (Å²) in [5.74, 6) is -3.16. The van der Waals surface area contributed by atoms with E-state index in [1.807, 2.05) is 0 Å². The van der Waals surface area contributed by atoms with Gasteiger partial charge in [0.25, 0.3) is 0 Å². The Morgan fingerprint density at radius 3 is 2.89 bits per heavy atom. The van der Waals surface area contributed by atoms with Crippen LogP contribution in [0.1, 0.15) is 12.8 Å². The highest BCUT2D eigenvalue weighted by Crippen LogP contribution is 2.32. The number of carbonyl (C=O) groups excluding carboxylic acids is 2. The molecule has 0 unspecified atom stereocenters. The zero-order valence-electron chi connectivity index (χ0n) is 9.26. The summed E-state index contributed by atoms with van der Waals surface area (Å²) >= 11 is 7.13. The Morgan fingerprint density at radius 2 is 2.28 bits per heavy atom. The van der Waals surface area contributed by atoms with Crippen LogP contribution in [0.3, 0.4) is 0 Å². The highest BCUT2D eigenvalue weighted by molar-refractivity contribution is 7.13. The van der Waals surface area contributed by atoms with Crippen molar-refractivity contribution in [2.45, 2.75) is 12.8 Å². The summed E-state index contributed by atoms with van der Waals surface area (Å²) in [5, 5.41) is 16.3.